The summed E-state index contributed by atoms with van der Waals surface area (Å²) in [5.41, 5.74) is 4.61. The molecule has 0 saturated carbocycles. The monoisotopic (exact) mass is 463 g/mol. The van der Waals surface area contributed by atoms with E-state index in [1.54, 1.807) is 0 Å². The fourth-order valence-corrected chi connectivity index (χ4v) is 7.23. The van der Waals surface area contributed by atoms with Crippen molar-refractivity contribution in [2.24, 2.45) is 5.92 Å². The third kappa shape index (κ3) is 3.15. The van der Waals surface area contributed by atoms with Crippen LogP contribution < -0.4 is 4.90 Å². The zero-order chi connectivity index (χ0) is 21.8. The molecule has 1 aliphatic carbocycles. The number of anilines is 1. The number of hydrogen-bond acceptors (Lipinski definition) is 6. The fraction of sp³-hybridized carbons (Fsp3) is 0.417. The second-order valence-electron chi connectivity index (χ2n) is 8.77. The number of nitrogens with zero attached hydrogens (tertiary/aromatic N) is 5. The Hall–Kier alpha value is -2.45. The molecule has 0 N–H and O–H groups in total. The number of aromatic nitrogens is 4. The standard InChI is InChI=1S/C24H25N5OS2/c1-3-19-25-23-21(16-9-8-14(2)12-18(16)32-23)22-26-27-24(29(19)22)31-13-20(30)28-11-10-15-6-4-5-7-17(15)28/h4-7,14H,3,8-13H2,1-2H3/t14-/m1/s1. The van der Waals surface area contributed by atoms with E-state index in [0.29, 0.717) is 5.75 Å². The lowest BCUT2D eigenvalue weighted by atomic mass is 9.89. The molecular weight excluding hydrogens is 438 g/mol. The Morgan fingerprint density at radius 1 is 1.25 bits per heavy atom. The first-order valence-electron chi connectivity index (χ1n) is 11.3. The van der Waals surface area contributed by atoms with Gasteiger partial charge in [-0.3, -0.25) is 9.20 Å². The summed E-state index contributed by atoms with van der Waals surface area (Å²) in [5, 5.41) is 11.0. The van der Waals surface area contributed by atoms with Crippen molar-refractivity contribution in [1.29, 1.82) is 0 Å². The number of rotatable bonds is 4. The van der Waals surface area contributed by atoms with Crippen LogP contribution in [0.2, 0.25) is 0 Å². The van der Waals surface area contributed by atoms with Gasteiger partial charge in [-0.25, -0.2) is 4.98 Å². The first-order chi connectivity index (χ1) is 15.6. The van der Waals surface area contributed by atoms with E-state index >= 15 is 0 Å². The summed E-state index contributed by atoms with van der Waals surface area (Å²) in [7, 11) is 0. The molecule has 0 radical (unpaired) electrons. The van der Waals surface area contributed by atoms with Gasteiger partial charge in [-0.1, -0.05) is 43.8 Å². The van der Waals surface area contributed by atoms with Gasteiger partial charge in [0, 0.05) is 23.5 Å². The van der Waals surface area contributed by atoms with Crippen LogP contribution in [0.4, 0.5) is 5.69 Å². The van der Waals surface area contributed by atoms with Gasteiger partial charge in [0.25, 0.3) is 0 Å². The van der Waals surface area contributed by atoms with Crippen molar-refractivity contribution in [3.8, 4) is 0 Å². The van der Waals surface area contributed by atoms with E-state index in [1.807, 2.05) is 34.4 Å². The number of hydrogen-bond donors (Lipinski definition) is 0. The highest BCUT2D eigenvalue weighted by Crippen LogP contribution is 2.40. The number of benzene rings is 1. The van der Waals surface area contributed by atoms with Crippen LogP contribution in [0.1, 0.15) is 42.1 Å². The molecule has 0 saturated heterocycles. The van der Waals surface area contributed by atoms with Gasteiger partial charge in [-0.15, -0.1) is 21.5 Å². The first kappa shape index (κ1) is 20.2. The van der Waals surface area contributed by atoms with E-state index in [4.69, 9.17) is 4.98 Å². The average molecular weight is 464 g/mol. The van der Waals surface area contributed by atoms with Crippen molar-refractivity contribution in [2.45, 2.75) is 51.1 Å². The number of carbonyl (C=O) groups excluding carboxylic acids is 1. The molecule has 0 fully saturated rings. The van der Waals surface area contributed by atoms with E-state index in [2.05, 4.69) is 34.5 Å². The number of aryl methyl sites for hydroxylation is 2. The highest BCUT2D eigenvalue weighted by Gasteiger charge is 2.27. The largest absolute Gasteiger partial charge is 0.311 e. The second kappa shape index (κ2) is 7.85. The van der Waals surface area contributed by atoms with Crippen LogP contribution in [0.15, 0.2) is 29.4 Å². The van der Waals surface area contributed by atoms with Gasteiger partial charge >= 0.3 is 0 Å². The van der Waals surface area contributed by atoms with Crippen LogP contribution in [0.25, 0.3) is 15.9 Å². The summed E-state index contributed by atoms with van der Waals surface area (Å²) in [6.07, 6.45) is 5.14. The lowest BCUT2D eigenvalue weighted by Gasteiger charge is -2.17. The van der Waals surface area contributed by atoms with Crippen LogP contribution >= 0.6 is 23.1 Å². The Balaban J connectivity index is 1.34. The highest BCUT2D eigenvalue weighted by atomic mass is 32.2. The Morgan fingerprint density at radius 3 is 3.00 bits per heavy atom. The van der Waals surface area contributed by atoms with Crippen molar-refractivity contribution >= 4 is 50.6 Å². The van der Waals surface area contributed by atoms with E-state index in [1.165, 1.54) is 39.6 Å². The summed E-state index contributed by atoms with van der Waals surface area (Å²) in [5.74, 6) is 2.15. The minimum atomic E-state index is 0.116. The molecule has 0 bridgehead atoms. The number of amides is 1. The molecule has 0 spiro atoms. The summed E-state index contributed by atoms with van der Waals surface area (Å²) in [6.45, 7) is 5.19. The molecule has 4 heterocycles. The number of para-hydroxylation sites is 1. The van der Waals surface area contributed by atoms with Crippen molar-refractivity contribution in [1.82, 2.24) is 19.6 Å². The molecule has 1 atom stereocenters. The van der Waals surface area contributed by atoms with Crippen LogP contribution in [-0.4, -0.2) is 37.8 Å². The Kier molecular flexibility index (Phi) is 4.95. The van der Waals surface area contributed by atoms with Crippen LogP contribution in [0, 0.1) is 5.92 Å². The summed E-state index contributed by atoms with van der Waals surface area (Å²) in [4.78, 5) is 22.5. The third-order valence-electron chi connectivity index (χ3n) is 6.67. The molecule has 1 aliphatic heterocycles. The molecule has 1 amide bonds. The van der Waals surface area contributed by atoms with E-state index < -0.39 is 0 Å². The van der Waals surface area contributed by atoms with Gasteiger partial charge in [0.1, 0.15) is 10.7 Å². The maximum atomic E-state index is 13.0. The van der Waals surface area contributed by atoms with Crippen molar-refractivity contribution in [2.75, 3.05) is 17.2 Å². The lowest BCUT2D eigenvalue weighted by molar-refractivity contribution is -0.116. The quantitative estimate of drug-likeness (QED) is 0.410. The maximum absolute atomic E-state index is 13.0. The van der Waals surface area contributed by atoms with Gasteiger partial charge in [0.2, 0.25) is 5.91 Å². The molecule has 8 heteroatoms. The molecule has 2 aliphatic rings. The normalized spacial score (nSPS) is 17.8. The van der Waals surface area contributed by atoms with Crippen molar-refractivity contribution in [3.05, 3.63) is 46.1 Å². The molecule has 1 aromatic carbocycles. The van der Waals surface area contributed by atoms with Crippen molar-refractivity contribution in [3.63, 3.8) is 0 Å². The number of carbonyl (C=O) groups is 1. The maximum Gasteiger partial charge on any atom is 0.237 e. The molecule has 164 valence electrons. The SMILES string of the molecule is CCc1nc2sc3c(c2c2nnc(SCC(=O)N4CCc5ccccc54)n12)CC[C@@H](C)C3. The number of thioether (sulfide) groups is 1. The highest BCUT2D eigenvalue weighted by molar-refractivity contribution is 7.99. The Morgan fingerprint density at radius 2 is 2.12 bits per heavy atom. The molecule has 3 aromatic heterocycles. The molecular formula is C24H25N5OS2. The Labute approximate surface area is 195 Å². The average Bonchev–Trinajstić information content (AvgIpc) is 3.51. The summed E-state index contributed by atoms with van der Waals surface area (Å²) >= 11 is 3.29. The third-order valence-corrected chi connectivity index (χ3v) is 8.73. The van der Waals surface area contributed by atoms with E-state index in [-0.39, 0.29) is 5.91 Å². The number of thiophene rings is 1. The summed E-state index contributed by atoms with van der Waals surface area (Å²) < 4.78 is 2.09. The fourth-order valence-electron chi connectivity index (χ4n) is 5.01. The predicted molar refractivity (Wildman–Crippen MR) is 130 cm³/mol. The van der Waals surface area contributed by atoms with Gasteiger partial charge in [0.05, 0.1) is 11.1 Å². The number of fused-ring (bicyclic) bond motifs is 6. The Bertz CT molecular complexity index is 1360. The topological polar surface area (TPSA) is 63.4 Å². The van der Waals surface area contributed by atoms with Crippen LogP contribution in [0.5, 0.6) is 0 Å². The zero-order valence-electron chi connectivity index (χ0n) is 18.3. The second-order valence-corrected chi connectivity index (χ2v) is 10.8. The van der Waals surface area contributed by atoms with Gasteiger partial charge in [0.15, 0.2) is 10.8 Å². The molecule has 4 aromatic rings. The molecule has 0 unspecified atom stereocenters. The lowest BCUT2D eigenvalue weighted by Crippen LogP contribution is -2.30. The van der Waals surface area contributed by atoms with E-state index in [9.17, 15) is 4.79 Å². The van der Waals surface area contributed by atoms with Crippen LogP contribution in [0.3, 0.4) is 0 Å². The van der Waals surface area contributed by atoms with Gasteiger partial charge in [-0.2, -0.15) is 0 Å². The van der Waals surface area contributed by atoms with Crippen molar-refractivity contribution < 1.29 is 4.79 Å². The summed E-state index contributed by atoms with van der Waals surface area (Å²) in [6, 6.07) is 8.17. The van der Waals surface area contributed by atoms with Crippen LogP contribution in [-0.2, 0) is 30.5 Å². The predicted octanol–water partition coefficient (Wildman–Crippen LogP) is 4.71. The van der Waals surface area contributed by atoms with E-state index in [0.717, 1.165) is 65.3 Å². The van der Waals surface area contributed by atoms with Gasteiger partial charge < -0.3 is 4.90 Å². The minimum Gasteiger partial charge on any atom is -0.311 e. The smallest absolute Gasteiger partial charge is 0.237 e. The molecule has 32 heavy (non-hydrogen) atoms. The zero-order valence-corrected chi connectivity index (χ0v) is 19.9. The van der Waals surface area contributed by atoms with Gasteiger partial charge in [-0.05, 0) is 48.8 Å². The molecule has 6 rings (SSSR count). The molecule has 6 nitrogen and oxygen atoms in total. The first-order valence-corrected chi connectivity index (χ1v) is 13.1. The minimum absolute atomic E-state index is 0.116.